The minimum atomic E-state index is -2.30. The highest BCUT2D eigenvalue weighted by Gasteiger charge is 2.62. The van der Waals surface area contributed by atoms with Gasteiger partial charge in [-0.05, 0) is 36.5 Å². The maximum absolute atomic E-state index is 13.9. The van der Waals surface area contributed by atoms with Crippen LogP contribution in [0.5, 0.6) is 5.75 Å². The van der Waals surface area contributed by atoms with E-state index in [-0.39, 0.29) is 36.1 Å². The van der Waals surface area contributed by atoms with Crippen molar-refractivity contribution in [2.75, 3.05) is 19.0 Å². The van der Waals surface area contributed by atoms with Crippen LogP contribution < -0.4 is 10.6 Å². The zero-order valence-corrected chi connectivity index (χ0v) is 20.2. The number of ether oxygens (including phenoxy) is 2. The number of amides is 1. The van der Waals surface area contributed by atoms with E-state index in [4.69, 9.17) is 15.2 Å². The first-order chi connectivity index (χ1) is 16.8. The van der Waals surface area contributed by atoms with Crippen LogP contribution in [-0.4, -0.2) is 59.3 Å². The molecule has 11 nitrogen and oxygen atoms in total. The summed E-state index contributed by atoms with van der Waals surface area (Å²) in [6.07, 6.45) is -0.0498. The van der Waals surface area contributed by atoms with E-state index in [1.807, 2.05) is 0 Å². The van der Waals surface area contributed by atoms with E-state index in [1.54, 1.807) is 25.1 Å². The van der Waals surface area contributed by atoms with Crippen LogP contribution in [0, 0.1) is 11.8 Å². The number of carbonyl (C=O) groups excluding carboxylic acids is 5. The molecule has 0 saturated heterocycles. The molecule has 3 atom stereocenters. The molecule has 3 aliphatic rings. The largest absolute Gasteiger partial charge is 0.507 e. The zero-order chi connectivity index (χ0) is 26.7. The van der Waals surface area contributed by atoms with Gasteiger partial charge >= 0.3 is 11.9 Å². The van der Waals surface area contributed by atoms with Crippen LogP contribution in [0.1, 0.15) is 42.6 Å². The summed E-state index contributed by atoms with van der Waals surface area (Å²) < 4.78 is 11.0. The lowest BCUT2D eigenvalue weighted by Crippen LogP contribution is -2.56. The number of phenols is 1. The molecule has 0 fully saturated rings. The second kappa shape index (κ2) is 8.51. The van der Waals surface area contributed by atoms with Gasteiger partial charge in [-0.15, -0.1) is 0 Å². The molecule has 3 unspecified atom stereocenters. The van der Waals surface area contributed by atoms with Gasteiger partial charge in [0.1, 0.15) is 11.3 Å². The average Bonchev–Trinajstić information content (AvgIpc) is 2.74. The van der Waals surface area contributed by atoms with Crippen LogP contribution >= 0.6 is 0 Å². The van der Waals surface area contributed by atoms with Gasteiger partial charge in [0.2, 0.25) is 5.60 Å². The van der Waals surface area contributed by atoms with Crippen LogP contribution in [-0.2, 0) is 35.1 Å². The third-order valence-corrected chi connectivity index (χ3v) is 6.90. The number of aliphatic hydroxyl groups is 1. The fourth-order valence-electron chi connectivity index (χ4n) is 5.66. The van der Waals surface area contributed by atoms with Gasteiger partial charge in [-0.2, -0.15) is 0 Å². The Labute approximate surface area is 206 Å². The molecule has 0 saturated carbocycles. The number of phenolic OH excluding ortho intramolecular Hbond substituents is 1. The van der Waals surface area contributed by atoms with Crippen LogP contribution in [0.15, 0.2) is 34.8 Å². The molecular weight excluding hydrogens is 472 g/mol. The number of benzene rings is 1. The number of hydrogen-bond acceptors (Lipinski definition) is 10. The first-order valence-corrected chi connectivity index (χ1v) is 11.3. The minimum absolute atomic E-state index is 0.0148. The van der Waals surface area contributed by atoms with Crippen molar-refractivity contribution in [3.63, 3.8) is 0 Å². The summed E-state index contributed by atoms with van der Waals surface area (Å²) in [5, 5.41) is 21.8. The molecule has 4 N–H and O–H groups in total. The van der Waals surface area contributed by atoms with Gasteiger partial charge < -0.3 is 30.3 Å². The van der Waals surface area contributed by atoms with E-state index in [0.29, 0.717) is 11.3 Å². The number of fused-ring (bicyclic) bond motifs is 3. The first kappa shape index (κ1) is 25.0. The van der Waals surface area contributed by atoms with Crippen molar-refractivity contribution in [3.05, 3.63) is 45.9 Å². The van der Waals surface area contributed by atoms with Crippen molar-refractivity contribution in [2.45, 2.75) is 38.7 Å². The molecule has 190 valence electrons. The van der Waals surface area contributed by atoms with Gasteiger partial charge in [0, 0.05) is 51.5 Å². The smallest absolute Gasteiger partial charge is 0.307 e. The second-order valence-electron chi connectivity index (χ2n) is 9.40. The summed E-state index contributed by atoms with van der Waals surface area (Å²) in [7, 11) is 3.57. The van der Waals surface area contributed by atoms with E-state index >= 15 is 0 Å². The number of aromatic hydroxyl groups is 1. The zero-order valence-electron chi connectivity index (χ0n) is 20.2. The van der Waals surface area contributed by atoms with Gasteiger partial charge in [0.05, 0.1) is 5.56 Å². The van der Waals surface area contributed by atoms with E-state index < -0.39 is 63.9 Å². The van der Waals surface area contributed by atoms with Crippen molar-refractivity contribution in [1.29, 1.82) is 0 Å². The number of aliphatic hydroxyl groups excluding tert-OH is 1. The van der Waals surface area contributed by atoms with Gasteiger partial charge in [0.25, 0.3) is 5.91 Å². The number of rotatable bonds is 4. The van der Waals surface area contributed by atoms with Crippen molar-refractivity contribution in [1.82, 2.24) is 0 Å². The normalized spacial score (nSPS) is 25.0. The quantitative estimate of drug-likeness (QED) is 0.404. The van der Waals surface area contributed by atoms with Crippen LogP contribution in [0.2, 0.25) is 0 Å². The highest BCUT2D eigenvalue weighted by atomic mass is 16.6. The molecule has 36 heavy (non-hydrogen) atoms. The Balaban J connectivity index is 2.10. The Kier molecular flexibility index (Phi) is 5.90. The van der Waals surface area contributed by atoms with E-state index in [2.05, 4.69) is 0 Å². The van der Waals surface area contributed by atoms with Crippen LogP contribution in [0.25, 0.3) is 0 Å². The Hall–Kier alpha value is -4.15. The molecule has 1 amide bonds. The molecule has 0 aliphatic heterocycles. The summed E-state index contributed by atoms with van der Waals surface area (Å²) in [6.45, 7) is 2.09. The molecular formula is C25H26N2O9. The van der Waals surface area contributed by atoms with Crippen molar-refractivity contribution < 1.29 is 43.7 Å². The number of nitrogens with two attached hydrogens (primary N) is 1. The van der Waals surface area contributed by atoms with Gasteiger partial charge in [0.15, 0.2) is 23.1 Å². The van der Waals surface area contributed by atoms with E-state index in [0.717, 1.165) is 13.8 Å². The monoisotopic (exact) mass is 498 g/mol. The number of nitrogens with zero attached hydrogens (tertiary/aromatic N) is 1. The third kappa shape index (κ3) is 3.53. The topological polar surface area (TPSA) is 174 Å². The van der Waals surface area contributed by atoms with Gasteiger partial charge in [-0.3, -0.25) is 24.0 Å². The number of primary amides is 1. The number of Topliss-reactive ketones (excluding diaryl/α,β-unsaturated/α-hetero) is 2. The summed E-state index contributed by atoms with van der Waals surface area (Å²) >= 11 is 0. The predicted octanol–water partition coefficient (Wildman–Crippen LogP) is 1.22. The van der Waals surface area contributed by atoms with E-state index in [9.17, 15) is 34.2 Å². The highest BCUT2D eigenvalue weighted by Crippen LogP contribution is 2.55. The number of allylic oxidation sites excluding steroid dienone is 1. The molecule has 0 aromatic heterocycles. The molecule has 0 radical (unpaired) electrons. The van der Waals surface area contributed by atoms with Crippen molar-refractivity contribution in [2.24, 2.45) is 17.6 Å². The Morgan fingerprint density at radius 1 is 1.08 bits per heavy atom. The number of anilines is 1. The second-order valence-corrected chi connectivity index (χ2v) is 9.40. The SMILES string of the molecule is CC(=O)OC1=C2C(=O)c3c(O)ccc(N(C)C)c3CC2CC2CC(=O)C(C(N)=O)=C(O)C12OC(C)=O. The predicted molar refractivity (Wildman–Crippen MR) is 124 cm³/mol. The number of esters is 2. The fourth-order valence-corrected chi connectivity index (χ4v) is 5.66. The molecule has 11 heteroatoms. The standard InChI is InChI=1S/C25H26N2O9/c1-10(28)35-23-18-12(8-14-15(27(3)4)5-6-16(30)19(14)21(18)32)7-13-9-17(31)20(24(26)34)22(33)25(13,23)36-11(2)29/h5-6,12-13,30,33H,7-9H2,1-4H3,(H2,26,34). The molecule has 3 aliphatic carbocycles. The maximum atomic E-state index is 13.9. The van der Waals surface area contributed by atoms with Crippen molar-refractivity contribution in [3.8, 4) is 5.75 Å². The Morgan fingerprint density at radius 3 is 2.31 bits per heavy atom. The fraction of sp³-hybridized carbons (Fsp3) is 0.400. The average molecular weight is 498 g/mol. The maximum Gasteiger partial charge on any atom is 0.307 e. The first-order valence-electron chi connectivity index (χ1n) is 11.3. The molecule has 1 aromatic carbocycles. The summed E-state index contributed by atoms with van der Waals surface area (Å²) in [5.74, 6) is -7.85. The lowest BCUT2D eigenvalue weighted by atomic mass is 9.60. The molecule has 4 rings (SSSR count). The molecule has 0 bridgehead atoms. The summed E-state index contributed by atoms with van der Waals surface area (Å²) in [4.78, 5) is 65.0. The summed E-state index contributed by atoms with van der Waals surface area (Å²) in [5.41, 5.74) is 3.41. The van der Waals surface area contributed by atoms with E-state index in [1.165, 1.54) is 6.07 Å². The molecule has 1 aromatic rings. The van der Waals surface area contributed by atoms with Crippen LogP contribution in [0.4, 0.5) is 5.69 Å². The lowest BCUT2D eigenvalue weighted by molar-refractivity contribution is -0.171. The highest BCUT2D eigenvalue weighted by molar-refractivity contribution is 6.20. The Bertz CT molecular complexity index is 1310. The summed E-state index contributed by atoms with van der Waals surface area (Å²) in [6, 6.07) is 3.04. The van der Waals surface area contributed by atoms with Crippen molar-refractivity contribution >= 4 is 35.1 Å². The third-order valence-electron chi connectivity index (χ3n) is 6.90. The minimum Gasteiger partial charge on any atom is -0.507 e. The Morgan fingerprint density at radius 2 is 1.75 bits per heavy atom. The van der Waals surface area contributed by atoms with Gasteiger partial charge in [-0.1, -0.05) is 0 Å². The number of ketones is 2. The van der Waals surface area contributed by atoms with Crippen LogP contribution in [0.3, 0.4) is 0 Å². The van der Waals surface area contributed by atoms with Gasteiger partial charge in [-0.25, -0.2) is 0 Å². The lowest BCUT2D eigenvalue weighted by Gasteiger charge is -2.49. The molecule has 0 spiro atoms. The molecule has 0 heterocycles. The number of hydrogen-bond donors (Lipinski definition) is 3. The number of carbonyl (C=O) groups is 5.